The lowest BCUT2D eigenvalue weighted by molar-refractivity contribution is 0.104. The number of hydrogen-bond acceptors (Lipinski definition) is 4. The van der Waals surface area contributed by atoms with Crippen molar-refractivity contribution in [2.75, 3.05) is 5.75 Å². The third-order valence-corrected chi connectivity index (χ3v) is 8.30. The van der Waals surface area contributed by atoms with Gasteiger partial charge in [-0.1, -0.05) is 49.4 Å². The number of rotatable bonds is 5. The molecule has 0 bridgehead atoms. The summed E-state index contributed by atoms with van der Waals surface area (Å²) < 4.78 is 34.6. The zero-order valence-corrected chi connectivity index (χ0v) is 22.2. The van der Waals surface area contributed by atoms with Crippen LogP contribution in [0.5, 0.6) is 0 Å². The average molecular weight is 539 g/mol. The van der Waals surface area contributed by atoms with E-state index in [0.717, 1.165) is 49.6 Å². The van der Waals surface area contributed by atoms with Crippen molar-refractivity contribution in [2.45, 2.75) is 31.6 Å². The number of hydrogen-bond donors (Lipinski definition) is 2. The summed E-state index contributed by atoms with van der Waals surface area (Å²) in [5, 5.41) is 5.13. The zero-order chi connectivity index (χ0) is 27.1. The van der Waals surface area contributed by atoms with Crippen LogP contribution in [0.4, 0.5) is 4.39 Å². The standard InChI is InChI=1S/C32H27FN2O3S/c1-19-3-4-21(13-16-39(37)38)23-10-12-26-31-24(20-5-7-22(33)8-6-20)9-11-25(28-18-34-14-2-15-35-28)27(31)17-29(36)32(26)30(19)23/h2-8,10-12,14-15,17-19,24,35H,9,13,16H2,1H3,(H,37,38)/t19-,24-/m1/s1. The van der Waals surface area contributed by atoms with E-state index < -0.39 is 11.1 Å². The minimum atomic E-state index is -1.90. The highest BCUT2D eigenvalue weighted by molar-refractivity contribution is 7.79. The van der Waals surface area contributed by atoms with Gasteiger partial charge < -0.3 is 9.87 Å². The molecule has 0 amide bonds. The van der Waals surface area contributed by atoms with E-state index in [2.05, 4.69) is 29.4 Å². The number of ketones is 1. The molecule has 1 aliphatic heterocycles. The molecule has 0 saturated heterocycles. The van der Waals surface area contributed by atoms with E-state index in [1.807, 2.05) is 42.6 Å². The topological polar surface area (TPSA) is 78.8 Å². The Hall–Kier alpha value is -3.94. The first kappa shape index (κ1) is 25.3. The summed E-state index contributed by atoms with van der Waals surface area (Å²) in [5.74, 6) is -0.270. The van der Waals surface area contributed by atoms with Crippen LogP contribution in [0.3, 0.4) is 0 Å². The van der Waals surface area contributed by atoms with Gasteiger partial charge in [-0.05, 0) is 75.4 Å². The third-order valence-electron chi connectivity index (χ3n) is 7.75. The fourth-order valence-electron chi connectivity index (χ4n) is 6.00. The van der Waals surface area contributed by atoms with Crippen molar-refractivity contribution in [3.63, 3.8) is 0 Å². The van der Waals surface area contributed by atoms with Crippen LogP contribution >= 0.6 is 0 Å². The smallest absolute Gasteiger partial charge is 0.187 e. The molecule has 39 heavy (non-hydrogen) atoms. The fraction of sp³-hybridized carbons (Fsp3) is 0.188. The predicted molar refractivity (Wildman–Crippen MR) is 153 cm³/mol. The van der Waals surface area contributed by atoms with E-state index in [9.17, 15) is 17.9 Å². The van der Waals surface area contributed by atoms with Crippen LogP contribution in [0.25, 0.3) is 11.1 Å². The SMILES string of the molecule is C[C@@H]1C=CC(CCS(=O)O)=c2ccc3c(c21)C(=O)C=C1C(C2=CN=CC=CN2)=CC[C@H](c2ccc(F)cc2)C=31. The van der Waals surface area contributed by atoms with E-state index >= 15 is 0 Å². The molecule has 3 atom stereocenters. The van der Waals surface area contributed by atoms with E-state index in [1.165, 1.54) is 12.1 Å². The molecule has 4 aliphatic rings. The van der Waals surface area contributed by atoms with Crippen molar-refractivity contribution >= 4 is 34.2 Å². The summed E-state index contributed by atoms with van der Waals surface area (Å²) in [6.45, 7) is 2.07. The molecule has 1 unspecified atom stereocenters. The molecule has 196 valence electrons. The van der Waals surface area contributed by atoms with E-state index in [-0.39, 0.29) is 29.2 Å². The number of nitrogens with one attached hydrogen (secondary N) is 1. The highest BCUT2D eigenvalue weighted by atomic mass is 32.2. The molecule has 0 fully saturated rings. The van der Waals surface area contributed by atoms with Gasteiger partial charge in [0.1, 0.15) is 5.82 Å². The molecule has 0 aromatic heterocycles. The molecular weight excluding hydrogens is 511 g/mol. The molecule has 6 rings (SSSR count). The Morgan fingerprint density at radius 3 is 2.72 bits per heavy atom. The van der Waals surface area contributed by atoms with Crippen LogP contribution in [-0.4, -0.2) is 26.5 Å². The number of fused-ring (bicyclic) bond motifs is 4. The van der Waals surface area contributed by atoms with Crippen molar-refractivity contribution in [1.82, 2.24) is 5.32 Å². The quantitative estimate of drug-likeness (QED) is 0.542. The Kier molecular flexibility index (Phi) is 6.71. The predicted octanol–water partition coefficient (Wildman–Crippen LogP) is 4.68. The molecule has 7 heteroatoms. The normalized spacial score (nSPS) is 22.1. The van der Waals surface area contributed by atoms with Gasteiger partial charge in [-0.2, -0.15) is 0 Å². The number of nitrogens with zero attached hydrogens (tertiary/aromatic N) is 1. The van der Waals surface area contributed by atoms with Gasteiger partial charge >= 0.3 is 0 Å². The van der Waals surface area contributed by atoms with E-state index in [0.29, 0.717) is 18.4 Å². The lowest BCUT2D eigenvalue weighted by Gasteiger charge is -2.33. The fourth-order valence-corrected chi connectivity index (χ4v) is 6.39. The maximum absolute atomic E-state index is 13.9. The van der Waals surface area contributed by atoms with Crippen LogP contribution in [-0.2, 0) is 11.1 Å². The van der Waals surface area contributed by atoms with Gasteiger partial charge in [-0.3, -0.25) is 9.79 Å². The number of benzene rings is 2. The monoisotopic (exact) mass is 538 g/mol. The summed E-state index contributed by atoms with van der Waals surface area (Å²) in [7, 11) is 0. The molecule has 3 aliphatic carbocycles. The van der Waals surface area contributed by atoms with Gasteiger partial charge in [-0.25, -0.2) is 8.60 Å². The van der Waals surface area contributed by atoms with Crippen molar-refractivity contribution in [2.24, 2.45) is 4.99 Å². The summed E-state index contributed by atoms with van der Waals surface area (Å²) >= 11 is -1.90. The molecule has 0 saturated carbocycles. The summed E-state index contributed by atoms with van der Waals surface area (Å²) in [5.41, 5.74) is 7.17. The first-order valence-electron chi connectivity index (χ1n) is 13.0. The maximum Gasteiger partial charge on any atom is 0.187 e. The third kappa shape index (κ3) is 4.62. The van der Waals surface area contributed by atoms with Crippen molar-refractivity contribution in [3.8, 4) is 0 Å². The van der Waals surface area contributed by atoms with Gasteiger partial charge in [-0.15, -0.1) is 0 Å². The Bertz CT molecular complexity index is 1730. The summed E-state index contributed by atoms with van der Waals surface area (Å²) in [6, 6.07) is 10.7. The van der Waals surface area contributed by atoms with Gasteiger partial charge in [0.15, 0.2) is 16.9 Å². The molecule has 2 aromatic rings. The maximum atomic E-state index is 13.9. The second kappa shape index (κ2) is 10.3. The van der Waals surface area contributed by atoms with E-state index in [4.69, 9.17) is 0 Å². The first-order valence-corrected chi connectivity index (χ1v) is 14.2. The molecule has 0 radical (unpaired) electrons. The largest absolute Gasteiger partial charge is 0.360 e. The molecule has 5 nitrogen and oxygen atoms in total. The lowest BCUT2D eigenvalue weighted by atomic mass is 9.71. The van der Waals surface area contributed by atoms with Crippen LogP contribution in [0.2, 0.25) is 0 Å². The first-order chi connectivity index (χ1) is 18.9. The van der Waals surface area contributed by atoms with Crippen LogP contribution in [0.1, 0.15) is 53.1 Å². The van der Waals surface area contributed by atoms with Gasteiger partial charge in [0.05, 0.1) is 17.6 Å². The van der Waals surface area contributed by atoms with Gasteiger partial charge in [0.2, 0.25) is 0 Å². The Labute approximate surface area is 228 Å². The van der Waals surface area contributed by atoms with Crippen LogP contribution in [0.15, 0.2) is 101 Å². The van der Waals surface area contributed by atoms with Crippen molar-refractivity contribution < 1.29 is 17.9 Å². The van der Waals surface area contributed by atoms with Crippen LogP contribution < -0.4 is 15.8 Å². The molecule has 1 heterocycles. The molecule has 0 spiro atoms. The highest BCUT2D eigenvalue weighted by Crippen LogP contribution is 2.44. The van der Waals surface area contributed by atoms with Crippen molar-refractivity contribution in [1.29, 1.82) is 0 Å². The number of carbonyl (C=O) groups excluding carboxylic acids is 1. The second-order valence-corrected chi connectivity index (χ2v) is 11.1. The van der Waals surface area contributed by atoms with Gasteiger partial charge in [0, 0.05) is 35.4 Å². The summed E-state index contributed by atoms with van der Waals surface area (Å²) in [4.78, 5) is 18.3. The Morgan fingerprint density at radius 1 is 1.13 bits per heavy atom. The minimum Gasteiger partial charge on any atom is -0.360 e. The van der Waals surface area contributed by atoms with E-state index in [1.54, 1.807) is 18.5 Å². The Balaban J connectivity index is 1.62. The number of aliphatic imine (C=N–C) groups is 1. The highest BCUT2D eigenvalue weighted by Gasteiger charge is 2.34. The zero-order valence-electron chi connectivity index (χ0n) is 21.4. The average Bonchev–Trinajstić information content (AvgIpc) is 3.22. The Morgan fingerprint density at radius 2 is 1.92 bits per heavy atom. The van der Waals surface area contributed by atoms with Crippen LogP contribution in [0, 0.1) is 5.82 Å². The van der Waals surface area contributed by atoms with Crippen molar-refractivity contribution in [3.05, 3.63) is 129 Å². The number of halogens is 1. The summed E-state index contributed by atoms with van der Waals surface area (Å²) in [6.07, 6.45) is 16.1. The van der Waals surface area contributed by atoms with Gasteiger partial charge in [0.25, 0.3) is 0 Å². The molecule has 2 N–H and O–H groups in total. The number of carbonyl (C=O) groups is 1. The second-order valence-electron chi connectivity index (χ2n) is 10.0. The minimum absolute atomic E-state index is 0.00593. The molecule has 2 aromatic carbocycles. The number of allylic oxidation sites excluding steroid dienone is 6. The lowest BCUT2D eigenvalue weighted by Crippen LogP contribution is -2.34. The molecular formula is C32H27FN2O3S.